The fourth-order valence-corrected chi connectivity index (χ4v) is 2.42. The molecule has 0 aliphatic heterocycles. The number of rotatable bonds is 5. The van der Waals surface area contributed by atoms with Gasteiger partial charge in [-0.2, -0.15) is 13.2 Å². The molecule has 142 valence electrons. The summed E-state index contributed by atoms with van der Waals surface area (Å²) in [5.74, 6) is -0.126. The number of carbonyl (C=O) groups excluding carboxylic acids is 1. The maximum Gasteiger partial charge on any atom is 0.405 e. The topological polar surface area (TPSA) is 110 Å². The molecule has 3 aromatic rings. The summed E-state index contributed by atoms with van der Waals surface area (Å²) in [6.07, 6.45) is 1.99. The van der Waals surface area contributed by atoms with Gasteiger partial charge in [0.15, 0.2) is 5.82 Å². The molecule has 1 amide bonds. The molecule has 0 bridgehead atoms. The Morgan fingerprint density at radius 3 is 2.81 bits per heavy atom. The number of H-pyrrole nitrogens is 2. The average Bonchev–Trinajstić information content (AvgIpc) is 3.03. The minimum atomic E-state index is -4.48. The molecule has 4 N–H and O–H groups in total. The van der Waals surface area contributed by atoms with E-state index in [-0.39, 0.29) is 0 Å². The molecule has 0 spiro atoms. The van der Waals surface area contributed by atoms with Crippen molar-refractivity contribution in [2.75, 3.05) is 11.9 Å². The van der Waals surface area contributed by atoms with Gasteiger partial charge in [0.2, 0.25) is 5.91 Å². The van der Waals surface area contributed by atoms with E-state index in [1.54, 1.807) is 12.4 Å². The van der Waals surface area contributed by atoms with Gasteiger partial charge in [-0.05, 0) is 24.9 Å². The Kier molecular flexibility index (Phi) is 4.68. The number of fused-ring (bicyclic) bond motifs is 1. The van der Waals surface area contributed by atoms with E-state index in [4.69, 9.17) is 0 Å². The monoisotopic (exact) mass is 380 g/mol. The number of carbonyl (C=O) groups is 1. The summed E-state index contributed by atoms with van der Waals surface area (Å²) in [6, 6.07) is 1.53. The zero-order valence-corrected chi connectivity index (χ0v) is 14.5. The molecule has 8 nitrogen and oxygen atoms in total. The highest BCUT2D eigenvalue weighted by atomic mass is 19.4. The van der Waals surface area contributed by atoms with Crippen LogP contribution in [0.2, 0.25) is 0 Å². The molecule has 0 atom stereocenters. The molecule has 0 radical (unpaired) electrons. The highest BCUT2D eigenvalue weighted by Gasteiger charge is 2.33. The van der Waals surface area contributed by atoms with Gasteiger partial charge in [0, 0.05) is 12.4 Å². The van der Waals surface area contributed by atoms with Gasteiger partial charge in [-0.1, -0.05) is 0 Å². The van der Waals surface area contributed by atoms with Crippen LogP contribution in [0.5, 0.6) is 0 Å². The number of anilines is 1. The average molecular weight is 380 g/mol. The fraction of sp³-hybridized carbons (Fsp3) is 0.312. The first-order valence-corrected chi connectivity index (χ1v) is 7.95. The van der Waals surface area contributed by atoms with Crippen molar-refractivity contribution in [2.24, 2.45) is 0 Å². The summed E-state index contributed by atoms with van der Waals surface area (Å²) in [5.41, 5.74) is 0.0294. The highest BCUT2D eigenvalue weighted by Crippen LogP contribution is 2.25. The minimum absolute atomic E-state index is 0.300. The van der Waals surface area contributed by atoms with Gasteiger partial charge in [0.05, 0.1) is 10.9 Å². The molecule has 0 aromatic carbocycles. The van der Waals surface area contributed by atoms with Gasteiger partial charge < -0.3 is 15.6 Å². The molecule has 0 saturated heterocycles. The van der Waals surface area contributed by atoms with Crippen molar-refractivity contribution in [1.82, 2.24) is 25.3 Å². The maximum absolute atomic E-state index is 12.3. The Labute approximate surface area is 151 Å². The number of hydrogen-bond donors (Lipinski definition) is 3. The van der Waals surface area contributed by atoms with Gasteiger partial charge in [-0.3, -0.25) is 4.79 Å². The Hall–Kier alpha value is -3.24. The largest absolute Gasteiger partial charge is 0.405 e. The summed E-state index contributed by atoms with van der Waals surface area (Å²) in [7, 11) is 0. The normalized spacial score (nSPS) is 12.2. The van der Waals surface area contributed by atoms with Crippen molar-refractivity contribution in [3.05, 3.63) is 31.0 Å². The molecule has 3 aromatic heterocycles. The van der Waals surface area contributed by atoms with E-state index in [2.05, 4.69) is 30.2 Å². The molecule has 3 rings (SSSR count). The third kappa shape index (κ3) is 4.30. The van der Waals surface area contributed by atoms with Crippen molar-refractivity contribution >= 4 is 22.8 Å². The number of aromatic amines is 2. The Morgan fingerprint density at radius 2 is 2.07 bits per heavy atom. The van der Waals surface area contributed by atoms with Crippen molar-refractivity contribution in [2.45, 2.75) is 25.6 Å². The standard InChI is InChI=1S/C16H16F3N7O/c1-15(2,14(27)23-7-16(17,18)19)26-11-3-4-21-13(25-11)10-6-22-12-9(10)5-20-8-24-12/h3-6,8H,7H2,1-2H3,(H,23,27)(H,20,22,24)(H,21,25,26)/p+1. The molecule has 0 fully saturated rings. The molecule has 0 aliphatic rings. The number of amides is 1. The summed E-state index contributed by atoms with van der Waals surface area (Å²) in [4.78, 5) is 30.7. The number of nitrogens with zero attached hydrogens (tertiary/aromatic N) is 3. The summed E-state index contributed by atoms with van der Waals surface area (Å²) >= 11 is 0. The van der Waals surface area contributed by atoms with Crippen LogP contribution in [0.15, 0.2) is 31.0 Å². The lowest BCUT2D eigenvalue weighted by atomic mass is 10.0. The number of alkyl halides is 3. The lowest BCUT2D eigenvalue weighted by Crippen LogP contribution is -2.50. The minimum Gasteiger partial charge on any atom is -0.356 e. The van der Waals surface area contributed by atoms with Crippen LogP contribution >= 0.6 is 0 Å². The van der Waals surface area contributed by atoms with E-state index in [1.165, 1.54) is 32.4 Å². The predicted molar refractivity (Wildman–Crippen MR) is 90.4 cm³/mol. The molecular weight excluding hydrogens is 363 g/mol. The first-order valence-electron chi connectivity index (χ1n) is 7.95. The second kappa shape index (κ2) is 6.82. The van der Waals surface area contributed by atoms with Gasteiger partial charge in [0.1, 0.15) is 24.1 Å². The van der Waals surface area contributed by atoms with Crippen LogP contribution in [0.1, 0.15) is 13.8 Å². The van der Waals surface area contributed by atoms with E-state index < -0.39 is 24.2 Å². The van der Waals surface area contributed by atoms with E-state index in [0.717, 1.165) is 5.39 Å². The maximum atomic E-state index is 12.3. The van der Waals surface area contributed by atoms with Gasteiger partial charge in [-0.15, -0.1) is 0 Å². The lowest BCUT2D eigenvalue weighted by Gasteiger charge is -2.26. The zero-order chi connectivity index (χ0) is 19.7. The predicted octanol–water partition coefficient (Wildman–Crippen LogP) is 1.70. The van der Waals surface area contributed by atoms with E-state index >= 15 is 0 Å². The van der Waals surface area contributed by atoms with Crippen LogP contribution < -0.4 is 15.6 Å². The molecule has 3 heterocycles. The lowest BCUT2D eigenvalue weighted by molar-refractivity contribution is -0.380. The van der Waals surface area contributed by atoms with Crippen LogP contribution in [0.4, 0.5) is 19.0 Å². The molecule has 0 aliphatic carbocycles. The Balaban J connectivity index is 1.80. The smallest absolute Gasteiger partial charge is 0.356 e. The number of halogens is 3. The number of aromatic nitrogens is 5. The zero-order valence-electron chi connectivity index (χ0n) is 14.5. The Bertz CT molecular complexity index is 968. The summed E-state index contributed by atoms with van der Waals surface area (Å²) < 4.78 is 36.9. The molecule has 11 heteroatoms. The molecule has 27 heavy (non-hydrogen) atoms. The van der Waals surface area contributed by atoms with Gasteiger partial charge in [0.25, 0.3) is 12.0 Å². The fourth-order valence-electron chi connectivity index (χ4n) is 2.42. The van der Waals surface area contributed by atoms with Crippen LogP contribution in [0.25, 0.3) is 22.4 Å². The molecule has 0 saturated carbocycles. The third-order valence-electron chi connectivity index (χ3n) is 3.75. The first-order chi connectivity index (χ1) is 12.7. The summed E-state index contributed by atoms with van der Waals surface area (Å²) in [6.45, 7) is 1.53. The van der Waals surface area contributed by atoms with Crippen molar-refractivity contribution < 1.29 is 22.9 Å². The van der Waals surface area contributed by atoms with Crippen LogP contribution in [-0.2, 0) is 4.79 Å². The van der Waals surface area contributed by atoms with Crippen LogP contribution in [0, 0.1) is 0 Å². The van der Waals surface area contributed by atoms with Gasteiger partial charge in [-0.25, -0.2) is 15.0 Å². The van der Waals surface area contributed by atoms with Crippen molar-refractivity contribution in [3.63, 3.8) is 0 Å². The third-order valence-corrected chi connectivity index (χ3v) is 3.75. The van der Waals surface area contributed by atoms with Crippen molar-refractivity contribution in [1.29, 1.82) is 0 Å². The van der Waals surface area contributed by atoms with Crippen LogP contribution in [-0.4, -0.2) is 44.1 Å². The first kappa shape index (κ1) is 18.5. The SMILES string of the molecule is CC(C)(Nc1ccnc(-c2c[nH]c3nc[nH+]cc23)n1)C(=O)NCC(F)(F)F. The quantitative estimate of drug-likeness (QED) is 0.624. The van der Waals surface area contributed by atoms with E-state index in [0.29, 0.717) is 22.9 Å². The summed E-state index contributed by atoms with van der Waals surface area (Å²) in [5, 5.41) is 5.48. The van der Waals surface area contributed by atoms with Crippen LogP contribution in [0.3, 0.4) is 0 Å². The molecule has 0 unspecified atom stereocenters. The number of nitrogens with one attached hydrogen (secondary N) is 4. The van der Waals surface area contributed by atoms with Crippen molar-refractivity contribution in [3.8, 4) is 11.4 Å². The van der Waals surface area contributed by atoms with Gasteiger partial charge >= 0.3 is 6.18 Å². The number of hydrogen-bond acceptors (Lipinski definition) is 5. The second-order valence-corrected chi connectivity index (χ2v) is 6.35. The highest BCUT2D eigenvalue weighted by molar-refractivity contribution is 5.91. The second-order valence-electron chi connectivity index (χ2n) is 6.35. The molecular formula is C16H17F3N7O+. The Morgan fingerprint density at radius 1 is 1.30 bits per heavy atom. The van der Waals surface area contributed by atoms with E-state index in [1.807, 2.05) is 5.32 Å². The van der Waals surface area contributed by atoms with E-state index in [9.17, 15) is 18.0 Å².